The Labute approximate surface area is 638 Å². The van der Waals surface area contributed by atoms with Crippen LogP contribution >= 0.6 is 15.6 Å². The first kappa shape index (κ1) is 102. The quantitative estimate of drug-likeness (QED) is 0.0222. The van der Waals surface area contributed by atoms with Gasteiger partial charge in [-0.1, -0.05) is 395 Å². The van der Waals surface area contributed by atoms with Crippen LogP contribution in [0.2, 0.25) is 0 Å². The van der Waals surface area contributed by atoms with E-state index in [0.29, 0.717) is 25.7 Å². The van der Waals surface area contributed by atoms with E-state index in [-0.39, 0.29) is 25.7 Å². The molecule has 0 rings (SSSR count). The minimum absolute atomic E-state index is 0.108. The third-order valence-corrected chi connectivity index (χ3v) is 21.8. The van der Waals surface area contributed by atoms with Crippen molar-refractivity contribution < 1.29 is 80.2 Å². The van der Waals surface area contributed by atoms with Gasteiger partial charge in [0, 0.05) is 25.7 Å². The van der Waals surface area contributed by atoms with E-state index < -0.39 is 97.5 Å². The number of unbranched alkanes of at least 4 members (excludes halogenated alkanes) is 51. The Balaban J connectivity index is 5.25. The molecule has 618 valence electrons. The molecule has 0 aliphatic rings. The summed E-state index contributed by atoms with van der Waals surface area (Å²) in [5.41, 5.74) is 0. The molecule has 19 heteroatoms. The number of aliphatic hydroxyl groups excluding tert-OH is 1. The molecule has 3 N–H and O–H groups in total. The average molecular weight is 1520 g/mol. The highest BCUT2D eigenvalue weighted by Gasteiger charge is 2.30. The summed E-state index contributed by atoms with van der Waals surface area (Å²) in [6.45, 7) is 12.0. The first-order valence-electron chi connectivity index (χ1n) is 43.8. The van der Waals surface area contributed by atoms with Crippen molar-refractivity contribution in [2.75, 3.05) is 39.6 Å². The Morgan fingerprint density at radius 3 is 0.654 bits per heavy atom. The van der Waals surface area contributed by atoms with Crippen LogP contribution in [0.5, 0.6) is 0 Å². The Morgan fingerprint density at radius 2 is 0.442 bits per heavy atom. The highest BCUT2D eigenvalue weighted by atomic mass is 31.2. The van der Waals surface area contributed by atoms with Crippen LogP contribution in [0.15, 0.2) is 0 Å². The summed E-state index contributed by atoms with van der Waals surface area (Å²) in [5.74, 6) is 0.262. The summed E-state index contributed by atoms with van der Waals surface area (Å²) in [6, 6.07) is 0. The molecule has 104 heavy (non-hydrogen) atoms. The molecule has 0 bridgehead atoms. The zero-order chi connectivity index (χ0) is 76.5. The van der Waals surface area contributed by atoms with Gasteiger partial charge in [0.2, 0.25) is 0 Å². The van der Waals surface area contributed by atoms with Crippen molar-refractivity contribution in [1.29, 1.82) is 0 Å². The van der Waals surface area contributed by atoms with Crippen molar-refractivity contribution >= 4 is 39.5 Å². The SMILES string of the molecule is CCCCCCCCCCCCCCCCC(=O)O[C@H](COC(=O)CCCCCCCCCCCC(C)C)COP(=O)(O)OC[C@H](O)COP(=O)(O)OC[C@@H](COC(=O)CCCCCCCCCCCCCCCCCCC(C)C)OC(=O)CCCCCCCCCCCCCCCCCCC(C)C. The van der Waals surface area contributed by atoms with Crippen LogP contribution < -0.4 is 0 Å². The number of aliphatic hydroxyl groups is 1. The molecule has 0 fully saturated rings. The number of rotatable bonds is 83. The molecular weight excluding hydrogens is 1350 g/mol. The van der Waals surface area contributed by atoms with E-state index in [9.17, 15) is 43.2 Å². The molecule has 5 atom stereocenters. The molecular formula is C85H166O17P2. The monoisotopic (exact) mass is 1520 g/mol. The van der Waals surface area contributed by atoms with Crippen molar-refractivity contribution in [2.45, 2.75) is 465 Å². The Bertz CT molecular complexity index is 2010. The number of hydrogen-bond acceptors (Lipinski definition) is 15. The number of carbonyl (C=O) groups excluding carboxylic acids is 4. The van der Waals surface area contributed by atoms with Gasteiger partial charge in [0.25, 0.3) is 0 Å². The number of ether oxygens (including phenoxy) is 4. The molecule has 0 heterocycles. The molecule has 0 aliphatic heterocycles. The van der Waals surface area contributed by atoms with Gasteiger partial charge < -0.3 is 33.8 Å². The zero-order valence-corrected chi connectivity index (χ0v) is 70.3. The van der Waals surface area contributed by atoms with Gasteiger partial charge in [-0.05, 0) is 43.4 Å². The number of carbonyl (C=O) groups is 4. The minimum Gasteiger partial charge on any atom is -0.462 e. The maximum absolute atomic E-state index is 13.1. The fourth-order valence-corrected chi connectivity index (χ4v) is 14.8. The van der Waals surface area contributed by atoms with Crippen molar-refractivity contribution in [3.8, 4) is 0 Å². The zero-order valence-electron chi connectivity index (χ0n) is 68.5. The largest absolute Gasteiger partial charge is 0.472 e. The third kappa shape index (κ3) is 78.2. The number of esters is 4. The molecule has 0 aliphatic carbocycles. The number of hydrogen-bond donors (Lipinski definition) is 3. The van der Waals surface area contributed by atoms with Crippen molar-refractivity contribution in [3.05, 3.63) is 0 Å². The van der Waals surface area contributed by atoms with Gasteiger partial charge in [0.15, 0.2) is 12.2 Å². The van der Waals surface area contributed by atoms with Gasteiger partial charge in [-0.2, -0.15) is 0 Å². The summed E-state index contributed by atoms with van der Waals surface area (Å²) >= 11 is 0. The fraction of sp³-hybridized carbons (Fsp3) is 0.953. The molecule has 0 radical (unpaired) electrons. The lowest BCUT2D eigenvalue weighted by Gasteiger charge is -2.21. The molecule has 2 unspecified atom stereocenters. The van der Waals surface area contributed by atoms with Gasteiger partial charge in [0.05, 0.1) is 26.4 Å². The van der Waals surface area contributed by atoms with E-state index in [1.165, 1.54) is 257 Å². The minimum atomic E-state index is -4.97. The van der Waals surface area contributed by atoms with Gasteiger partial charge in [-0.3, -0.25) is 37.3 Å². The summed E-state index contributed by atoms with van der Waals surface area (Å²) in [6.07, 6.45) is 65.2. The standard InChI is InChI=1S/C85H166O17P2/c1-8-9-10-11-12-13-14-15-26-32-39-47-54-61-68-84(89)102-81(73-96-83(88)67-60-53-46-41-34-37-44-51-58-65-78(6)7)75-100-104(93,94)98-71-79(86)70-97-103(91,92)99-74-80(101-85(90)69-62-55-48-40-33-28-23-19-17-21-25-30-36-43-50-57-64-77(4)5)72-95-82(87)66-59-52-45-38-31-27-22-18-16-20-24-29-35-42-49-56-63-76(2)3/h76-81,86H,8-75H2,1-7H3,(H,91,92)(H,93,94)/t79-,80-,81-/m1/s1. The van der Waals surface area contributed by atoms with Crippen LogP contribution in [0.4, 0.5) is 0 Å². The summed E-state index contributed by atoms with van der Waals surface area (Å²) in [5, 5.41) is 10.7. The Morgan fingerprint density at radius 1 is 0.260 bits per heavy atom. The molecule has 0 spiro atoms. The van der Waals surface area contributed by atoms with Gasteiger partial charge in [0.1, 0.15) is 19.3 Å². The van der Waals surface area contributed by atoms with Crippen LogP contribution in [-0.2, 0) is 65.4 Å². The third-order valence-electron chi connectivity index (χ3n) is 19.9. The molecule has 0 saturated heterocycles. The second-order valence-corrected chi connectivity index (χ2v) is 34.9. The maximum atomic E-state index is 13.1. The maximum Gasteiger partial charge on any atom is 0.472 e. The van der Waals surface area contributed by atoms with E-state index in [2.05, 4.69) is 48.5 Å². The lowest BCUT2D eigenvalue weighted by Crippen LogP contribution is -2.30. The van der Waals surface area contributed by atoms with Crippen molar-refractivity contribution in [3.63, 3.8) is 0 Å². The van der Waals surface area contributed by atoms with E-state index in [4.69, 9.17) is 37.0 Å². The lowest BCUT2D eigenvalue weighted by molar-refractivity contribution is -0.161. The van der Waals surface area contributed by atoms with Crippen LogP contribution in [0.1, 0.15) is 447 Å². The van der Waals surface area contributed by atoms with E-state index in [1.807, 2.05) is 0 Å². The first-order valence-corrected chi connectivity index (χ1v) is 46.8. The fourth-order valence-electron chi connectivity index (χ4n) is 13.2. The molecule has 0 saturated carbocycles. The van der Waals surface area contributed by atoms with E-state index in [0.717, 1.165) is 108 Å². The normalized spacial score (nSPS) is 13.9. The van der Waals surface area contributed by atoms with Crippen molar-refractivity contribution in [2.24, 2.45) is 17.8 Å². The van der Waals surface area contributed by atoms with Gasteiger partial charge in [-0.25, -0.2) is 9.13 Å². The smallest absolute Gasteiger partial charge is 0.462 e. The Hall–Kier alpha value is -1.94. The number of phosphoric acid groups is 2. The summed E-state index contributed by atoms with van der Waals surface area (Å²) in [4.78, 5) is 73.2. The average Bonchev–Trinajstić information content (AvgIpc) is 0.924. The second kappa shape index (κ2) is 75.1. The molecule has 17 nitrogen and oxygen atoms in total. The van der Waals surface area contributed by atoms with Crippen molar-refractivity contribution in [1.82, 2.24) is 0 Å². The second-order valence-electron chi connectivity index (χ2n) is 32.0. The van der Waals surface area contributed by atoms with Gasteiger partial charge >= 0.3 is 39.5 Å². The summed E-state index contributed by atoms with van der Waals surface area (Å²) < 4.78 is 68.9. The molecule has 0 aromatic rings. The highest BCUT2D eigenvalue weighted by molar-refractivity contribution is 7.47. The Kier molecular flexibility index (Phi) is 73.7. The summed E-state index contributed by atoms with van der Waals surface area (Å²) in [7, 11) is -9.93. The first-order chi connectivity index (χ1) is 50.2. The van der Waals surface area contributed by atoms with Crippen LogP contribution in [0.25, 0.3) is 0 Å². The van der Waals surface area contributed by atoms with Crippen LogP contribution in [0.3, 0.4) is 0 Å². The van der Waals surface area contributed by atoms with E-state index >= 15 is 0 Å². The lowest BCUT2D eigenvalue weighted by atomic mass is 10.0. The highest BCUT2D eigenvalue weighted by Crippen LogP contribution is 2.45. The van der Waals surface area contributed by atoms with E-state index in [1.54, 1.807) is 0 Å². The van der Waals surface area contributed by atoms with Crippen LogP contribution in [0, 0.1) is 17.8 Å². The molecule has 0 aromatic heterocycles. The predicted molar refractivity (Wildman–Crippen MR) is 428 cm³/mol. The number of phosphoric ester groups is 2. The molecule has 0 aromatic carbocycles. The topological polar surface area (TPSA) is 237 Å². The van der Waals surface area contributed by atoms with Gasteiger partial charge in [-0.15, -0.1) is 0 Å². The molecule has 0 amide bonds. The van der Waals surface area contributed by atoms with Crippen LogP contribution in [-0.4, -0.2) is 96.7 Å². The predicted octanol–water partition coefficient (Wildman–Crippen LogP) is 25.7.